The Hall–Kier alpha value is -3.02. The number of rotatable bonds is 6. The minimum Gasteiger partial charge on any atom is -0.458 e. The van der Waals surface area contributed by atoms with E-state index in [4.69, 9.17) is 20.9 Å². The molecule has 2 rings (SSSR count). The molecule has 0 radical (unpaired) electrons. The van der Waals surface area contributed by atoms with E-state index in [9.17, 15) is 9.59 Å². The SMILES string of the molecule is Nc1ccc(COC(=O)C(OC=O)c2ccc(N)cc2)cc1. The molecular weight excluding hydrogens is 284 g/mol. The molecule has 0 aliphatic carbocycles. The van der Waals surface area contributed by atoms with Gasteiger partial charge in [0.1, 0.15) is 6.61 Å². The molecule has 0 saturated carbocycles. The first-order chi connectivity index (χ1) is 10.6. The number of hydrogen-bond acceptors (Lipinski definition) is 6. The Morgan fingerprint density at radius 3 is 2.09 bits per heavy atom. The maximum Gasteiger partial charge on any atom is 0.352 e. The van der Waals surface area contributed by atoms with Crippen molar-refractivity contribution in [3.8, 4) is 0 Å². The molecule has 0 spiro atoms. The molecule has 0 aromatic heterocycles. The molecule has 1 atom stereocenters. The molecular formula is C16H16N2O4. The van der Waals surface area contributed by atoms with Crippen LogP contribution < -0.4 is 11.5 Å². The van der Waals surface area contributed by atoms with Gasteiger partial charge in [-0.15, -0.1) is 0 Å². The number of hydrogen-bond donors (Lipinski definition) is 2. The molecule has 114 valence electrons. The van der Waals surface area contributed by atoms with Crippen LogP contribution in [0.15, 0.2) is 48.5 Å². The van der Waals surface area contributed by atoms with Gasteiger partial charge in [0.05, 0.1) is 0 Å². The molecule has 0 saturated heterocycles. The van der Waals surface area contributed by atoms with E-state index in [1.165, 1.54) is 0 Å². The number of anilines is 2. The second-order valence-electron chi connectivity index (χ2n) is 4.63. The zero-order valence-corrected chi connectivity index (χ0v) is 11.8. The summed E-state index contributed by atoms with van der Waals surface area (Å²) < 4.78 is 9.99. The second kappa shape index (κ2) is 7.12. The van der Waals surface area contributed by atoms with E-state index >= 15 is 0 Å². The lowest BCUT2D eigenvalue weighted by molar-refractivity contribution is -0.163. The first-order valence-corrected chi connectivity index (χ1v) is 6.56. The zero-order valence-electron chi connectivity index (χ0n) is 11.8. The summed E-state index contributed by atoms with van der Waals surface area (Å²) >= 11 is 0. The third-order valence-electron chi connectivity index (χ3n) is 3.01. The van der Waals surface area contributed by atoms with Gasteiger partial charge in [0.15, 0.2) is 0 Å². The highest BCUT2D eigenvalue weighted by molar-refractivity contribution is 5.78. The average Bonchev–Trinajstić information content (AvgIpc) is 2.53. The summed E-state index contributed by atoms with van der Waals surface area (Å²) in [7, 11) is 0. The molecule has 4 N–H and O–H groups in total. The van der Waals surface area contributed by atoms with Crippen LogP contribution in [0.3, 0.4) is 0 Å². The largest absolute Gasteiger partial charge is 0.458 e. The van der Waals surface area contributed by atoms with Gasteiger partial charge in [-0.3, -0.25) is 4.79 Å². The van der Waals surface area contributed by atoms with Gasteiger partial charge >= 0.3 is 5.97 Å². The average molecular weight is 300 g/mol. The highest BCUT2D eigenvalue weighted by Crippen LogP contribution is 2.20. The number of nitrogens with two attached hydrogens (primary N) is 2. The van der Waals surface area contributed by atoms with E-state index < -0.39 is 12.1 Å². The minimum absolute atomic E-state index is 0.0623. The van der Waals surface area contributed by atoms with Gasteiger partial charge in [0.2, 0.25) is 6.10 Å². The van der Waals surface area contributed by atoms with Crippen LogP contribution in [0, 0.1) is 0 Å². The van der Waals surface area contributed by atoms with Crippen LogP contribution in [0.25, 0.3) is 0 Å². The lowest BCUT2D eigenvalue weighted by Gasteiger charge is -2.15. The van der Waals surface area contributed by atoms with Crippen LogP contribution in [0.1, 0.15) is 17.2 Å². The van der Waals surface area contributed by atoms with Crippen molar-refractivity contribution in [2.24, 2.45) is 0 Å². The molecule has 22 heavy (non-hydrogen) atoms. The molecule has 0 bridgehead atoms. The van der Waals surface area contributed by atoms with Crippen molar-refractivity contribution in [2.75, 3.05) is 11.5 Å². The number of carbonyl (C=O) groups excluding carboxylic acids is 2. The first kappa shape index (κ1) is 15.4. The van der Waals surface area contributed by atoms with Crippen LogP contribution >= 0.6 is 0 Å². The van der Waals surface area contributed by atoms with E-state index in [-0.39, 0.29) is 13.1 Å². The molecule has 6 nitrogen and oxygen atoms in total. The fraction of sp³-hybridized carbons (Fsp3) is 0.125. The van der Waals surface area contributed by atoms with E-state index in [2.05, 4.69) is 0 Å². The third-order valence-corrected chi connectivity index (χ3v) is 3.01. The third kappa shape index (κ3) is 3.99. The lowest BCUT2D eigenvalue weighted by Crippen LogP contribution is -2.18. The summed E-state index contributed by atoms with van der Waals surface area (Å²) in [6.07, 6.45) is -1.12. The van der Waals surface area contributed by atoms with Crippen molar-refractivity contribution in [3.05, 3.63) is 59.7 Å². The van der Waals surface area contributed by atoms with Gasteiger partial charge in [0.25, 0.3) is 6.47 Å². The maximum absolute atomic E-state index is 12.1. The van der Waals surface area contributed by atoms with Crippen LogP contribution in [0.4, 0.5) is 11.4 Å². The monoisotopic (exact) mass is 300 g/mol. The molecule has 2 aromatic rings. The summed E-state index contributed by atoms with van der Waals surface area (Å²) in [5.74, 6) is -0.659. The quantitative estimate of drug-likeness (QED) is 0.479. The topological polar surface area (TPSA) is 105 Å². The summed E-state index contributed by atoms with van der Waals surface area (Å²) in [4.78, 5) is 22.7. The molecule has 0 heterocycles. The van der Waals surface area contributed by atoms with Gasteiger partial charge in [-0.2, -0.15) is 0 Å². The van der Waals surface area contributed by atoms with Crippen LogP contribution in [-0.2, 0) is 25.7 Å². The summed E-state index contributed by atoms with van der Waals surface area (Å²) in [5.41, 5.74) is 13.6. The summed E-state index contributed by atoms with van der Waals surface area (Å²) in [6.45, 7) is 0.276. The van der Waals surface area contributed by atoms with E-state index in [1.807, 2.05) is 0 Å². The van der Waals surface area contributed by atoms with Gasteiger partial charge < -0.3 is 20.9 Å². The fourth-order valence-corrected chi connectivity index (χ4v) is 1.84. The van der Waals surface area contributed by atoms with Crippen LogP contribution in [0.5, 0.6) is 0 Å². The number of benzene rings is 2. The Labute approximate surface area is 127 Å². The van der Waals surface area contributed by atoms with Crippen molar-refractivity contribution in [1.29, 1.82) is 0 Å². The Bertz CT molecular complexity index is 638. The lowest BCUT2D eigenvalue weighted by atomic mass is 10.1. The second-order valence-corrected chi connectivity index (χ2v) is 4.63. The molecule has 0 fully saturated rings. The Morgan fingerprint density at radius 2 is 1.55 bits per heavy atom. The summed E-state index contributed by atoms with van der Waals surface area (Å²) in [5, 5.41) is 0. The molecule has 0 aliphatic heterocycles. The van der Waals surface area contributed by atoms with Gasteiger partial charge in [-0.05, 0) is 29.8 Å². The van der Waals surface area contributed by atoms with Gasteiger partial charge in [-0.25, -0.2) is 4.79 Å². The Kier molecular flexibility index (Phi) is 4.98. The highest BCUT2D eigenvalue weighted by atomic mass is 16.6. The fourth-order valence-electron chi connectivity index (χ4n) is 1.84. The van der Waals surface area contributed by atoms with E-state index in [1.54, 1.807) is 48.5 Å². The maximum atomic E-state index is 12.1. The Balaban J connectivity index is 2.04. The normalized spacial score (nSPS) is 11.5. The number of esters is 1. The number of ether oxygens (including phenoxy) is 2. The number of nitrogen functional groups attached to an aromatic ring is 2. The van der Waals surface area contributed by atoms with Crippen molar-refractivity contribution >= 4 is 23.8 Å². The number of carbonyl (C=O) groups is 2. The predicted octanol–water partition coefficient (Wildman–Crippen LogP) is 1.81. The van der Waals surface area contributed by atoms with Crippen LogP contribution in [-0.4, -0.2) is 12.4 Å². The summed E-state index contributed by atoms with van der Waals surface area (Å²) in [6, 6.07) is 13.4. The van der Waals surface area contributed by atoms with Gasteiger partial charge in [-0.1, -0.05) is 24.3 Å². The van der Waals surface area contributed by atoms with E-state index in [0.717, 1.165) is 5.56 Å². The molecule has 0 amide bonds. The Morgan fingerprint density at radius 1 is 1.00 bits per heavy atom. The van der Waals surface area contributed by atoms with Crippen molar-refractivity contribution in [3.63, 3.8) is 0 Å². The van der Waals surface area contributed by atoms with Crippen molar-refractivity contribution in [2.45, 2.75) is 12.7 Å². The van der Waals surface area contributed by atoms with Crippen LogP contribution in [0.2, 0.25) is 0 Å². The zero-order chi connectivity index (χ0) is 15.9. The smallest absolute Gasteiger partial charge is 0.352 e. The molecule has 6 heteroatoms. The van der Waals surface area contributed by atoms with E-state index in [0.29, 0.717) is 16.9 Å². The van der Waals surface area contributed by atoms with Crippen molar-refractivity contribution in [1.82, 2.24) is 0 Å². The molecule has 2 aromatic carbocycles. The predicted molar refractivity (Wildman–Crippen MR) is 81.4 cm³/mol. The highest BCUT2D eigenvalue weighted by Gasteiger charge is 2.23. The molecule has 1 unspecified atom stereocenters. The van der Waals surface area contributed by atoms with Crippen molar-refractivity contribution < 1.29 is 19.1 Å². The first-order valence-electron chi connectivity index (χ1n) is 6.56. The van der Waals surface area contributed by atoms with Gasteiger partial charge in [0, 0.05) is 16.9 Å². The standard InChI is InChI=1S/C16H16N2O4/c17-13-5-1-11(2-6-13)9-21-16(20)15(22-10-19)12-3-7-14(18)8-4-12/h1-8,10,15H,9,17-18H2. The molecule has 0 aliphatic rings. The minimum atomic E-state index is -1.12.